The Morgan fingerprint density at radius 2 is 2.38 bits per heavy atom. The zero-order valence-corrected chi connectivity index (χ0v) is 10.3. The van der Waals surface area contributed by atoms with Gasteiger partial charge in [-0.3, -0.25) is 4.90 Å². The van der Waals surface area contributed by atoms with Crippen LogP contribution in [0, 0.1) is 0 Å². The lowest BCUT2D eigenvalue weighted by molar-refractivity contribution is 0.0998. The van der Waals surface area contributed by atoms with Crippen LogP contribution in [0.15, 0.2) is 22.8 Å². The smallest absolute Gasteiger partial charge is 0.105 e. The van der Waals surface area contributed by atoms with Crippen LogP contribution >= 0.6 is 0 Å². The molecular formula is C13H22N2O. The molecule has 0 radical (unpaired) electrons. The largest absolute Gasteiger partial charge is 0.469 e. The molecule has 1 N–H and O–H groups in total. The van der Waals surface area contributed by atoms with Crippen molar-refractivity contribution in [3.05, 3.63) is 24.2 Å². The van der Waals surface area contributed by atoms with Crippen molar-refractivity contribution in [2.75, 3.05) is 19.6 Å². The summed E-state index contributed by atoms with van der Waals surface area (Å²) < 4.78 is 5.42. The number of hydrogen-bond donors (Lipinski definition) is 1. The molecular weight excluding hydrogens is 200 g/mol. The third kappa shape index (κ3) is 2.66. The van der Waals surface area contributed by atoms with Gasteiger partial charge in [-0.15, -0.1) is 0 Å². The summed E-state index contributed by atoms with van der Waals surface area (Å²) in [4.78, 5) is 2.61. The summed E-state index contributed by atoms with van der Waals surface area (Å²) in [7, 11) is 0. The number of hydrogen-bond acceptors (Lipinski definition) is 3. The summed E-state index contributed by atoms with van der Waals surface area (Å²) in [6, 6.07) is 5.33. The predicted octanol–water partition coefficient (Wildman–Crippen LogP) is 1.89. The Kier molecular flexibility index (Phi) is 4.02. The lowest BCUT2D eigenvalue weighted by Gasteiger charge is -2.41. The zero-order chi connectivity index (χ0) is 11.4. The molecule has 90 valence electrons. The number of nitrogens with one attached hydrogen (secondary N) is 1. The zero-order valence-electron chi connectivity index (χ0n) is 10.3. The van der Waals surface area contributed by atoms with Gasteiger partial charge in [-0.05, 0) is 32.0 Å². The van der Waals surface area contributed by atoms with E-state index in [2.05, 4.69) is 30.1 Å². The maximum atomic E-state index is 5.42. The first kappa shape index (κ1) is 11.7. The molecule has 1 unspecified atom stereocenters. The van der Waals surface area contributed by atoms with E-state index in [1.807, 2.05) is 6.07 Å². The normalized spacial score (nSPS) is 18.7. The van der Waals surface area contributed by atoms with Crippen molar-refractivity contribution in [1.82, 2.24) is 10.2 Å². The lowest BCUT2D eigenvalue weighted by atomic mass is 10.0. The molecule has 0 spiro atoms. The van der Waals surface area contributed by atoms with E-state index in [9.17, 15) is 0 Å². The second-order valence-corrected chi connectivity index (χ2v) is 4.68. The van der Waals surface area contributed by atoms with E-state index in [0.717, 1.165) is 31.3 Å². The van der Waals surface area contributed by atoms with E-state index in [1.165, 1.54) is 13.0 Å². The first-order chi connectivity index (χ1) is 7.81. The standard InChI is InChI=1S/C13H22N2O/c1-3-6-15(12-9-14-10-12)11(2)8-13-5-4-7-16-13/h4-5,7,11-12,14H,3,6,8-10H2,1-2H3. The second-order valence-electron chi connectivity index (χ2n) is 4.68. The minimum Gasteiger partial charge on any atom is -0.469 e. The van der Waals surface area contributed by atoms with Gasteiger partial charge < -0.3 is 9.73 Å². The van der Waals surface area contributed by atoms with Crippen molar-refractivity contribution in [3.8, 4) is 0 Å². The Hall–Kier alpha value is -0.800. The van der Waals surface area contributed by atoms with Crippen molar-refractivity contribution >= 4 is 0 Å². The van der Waals surface area contributed by atoms with Gasteiger partial charge in [0.1, 0.15) is 5.76 Å². The van der Waals surface area contributed by atoms with Gasteiger partial charge in [0.2, 0.25) is 0 Å². The monoisotopic (exact) mass is 222 g/mol. The van der Waals surface area contributed by atoms with Crippen molar-refractivity contribution < 1.29 is 4.42 Å². The van der Waals surface area contributed by atoms with E-state index in [1.54, 1.807) is 6.26 Å². The molecule has 0 bridgehead atoms. The maximum absolute atomic E-state index is 5.42. The Balaban J connectivity index is 1.90. The average molecular weight is 222 g/mol. The highest BCUT2D eigenvalue weighted by atomic mass is 16.3. The summed E-state index contributed by atoms with van der Waals surface area (Å²) >= 11 is 0. The van der Waals surface area contributed by atoms with Gasteiger partial charge >= 0.3 is 0 Å². The van der Waals surface area contributed by atoms with Crippen LogP contribution in [-0.4, -0.2) is 36.6 Å². The predicted molar refractivity (Wildman–Crippen MR) is 65.5 cm³/mol. The van der Waals surface area contributed by atoms with E-state index < -0.39 is 0 Å². The molecule has 3 heteroatoms. The van der Waals surface area contributed by atoms with E-state index in [4.69, 9.17) is 4.42 Å². The summed E-state index contributed by atoms with van der Waals surface area (Å²) in [6.45, 7) is 8.02. The van der Waals surface area contributed by atoms with Crippen LogP contribution in [0.1, 0.15) is 26.0 Å². The molecule has 1 fully saturated rings. The molecule has 2 heterocycles. The molecule has 2 rings (SSSR count). The highest BCUT2D eigenvalue weighted by Gasteiger charge is 2.27. The van der Waals surface area contributed by atoms with E-state index >= 15 is 0 Å². The van der Waals surface area contributed by atoms with E-state index in [0.29, 0.717) is 6.04 Å². The van der Waals surface area contributed by atoms with Crippen molar-refractivity contribution in [3.63, 3.8) is 0 Å². The van der Waals surface area contributed by atoms with Crippen LogP contribution in [0.5, 0.6) is 0 Å². The van der Waals surface area contributed by atoms with Crippen LogP contribution < -0.4 is 5.32 Å². The fraction of sp³-hybridized carbons (Fsp3) is 0.692. The van der Waals surface area contributed by atoms with Crippen LogP contribution in [0.3, 0.4) is 0 Å². The molecule has 1 aliphatic rings. The summed E-state index contributed by atoms with van der Waals surface area (Å²) in [5, 5.41) is 3.35. The highest BCUT2D eigenvalue weighted by molar-refractivity contribution is 5.01. The summed E-state index contributed by atoms with van der Waals surface area (Å²) in [6.07, 6.45) is 4.00. The Bertz CT molecular complexity index is 293. The highest BCUT2D eigenvalue weighted by Crippen LogP contribution is 2.15. The Labute approximate surface area is 97.8 Å². The quantitative estimate of drug-likeness (QED) is 0.797. The fourth-order valence-electron chi connectivity index (χ4n) is 2.37. The molecule has 0 saturated carbocycles. The van der Waals surface area contributed by atoms with Crippen molar-refractivity contribution in [1.29, 1.82) is 0 Å². The van der Waals surface area contributed by atoms with Crippen LogP contribution in [-0.2, 0) is 6.42 Å². The third-order valence-electron chi connectivity index (χ3n) is 3.35. The molecule has 1 saturated heterocycles. The number of rotatable bonds is 6. The van der Waals surface area contributed by atoms with E-state index in [-0.39, 0.29) is 0 Å². The van der Waals surface area contributed by atoms with Gasteiger partial charge in [0.15, 0.2) is 0 Å². The molecule has 16 heavy (non-hydrogen) atoms. The third-order valence-corrected chi connectivity index (χ3v) is 3.35. The average Bonchev–Trinajstić information content (AvgIpc) is 2.67. The molecule has 0 aromatic carbocycles. The topological polar surface area (TPSA) is 28.4 Å². The first-order valence-electron chi connectivity index (χ1n) is 6.30. The fourth-order valence-corrected chi connectivity index (χ4v) is 2.37. The summed E-state index contributed by atoms with van der Waals surface area (Å²) in [5.74, 6) is 1.10. The van der Waals surface area contributed by atoms with Crippen LogP contribution in [0.25, 0.3) is 0 Å². The molecule has 0 aliphatic carbocycles. The van der Waals surface area contributed by atoms with Crippen LogP contribution in [0.2, 0.25) is 0 Å². The van der Waals surface area contributed by atoms with Gasteiger partial charge in [0.25, 0.3) is 0 Å². The molecule has 1 atom stereocenters. The number of nitrogens with zero attached hydrogens (tertiary/aromatic N) is 1. The summed E-state index contributed by atoms with van der Waals surface area (Å²) in [5.41, 5.74) is 0. The minimum atomic E-state index is 0.568. The molecule has 3 nitrogen and oxygen atoms in total. The molecule has 1 aromatic heterocycles. The van der Waals surface area contributed by atoms with Gasteiger partial charge in [-0.2, -0.15) is 0 Å². The van der Waals surface area contributed by atoms with Crippen molar-refractivity contribution in [2.45, 2.75) is 38.8 Å². The molecule has 0 amide bonds. The Morgan fingerprint density at radius 3 is 2.88 bits per heavy atom. The Morgan fingerprint density at radius 1 is 1.56 bits per heavy atom. The first-order valence-corrected chi connectivity index (χ1v) is 6.30. The van der Waals surface area contributed by atoms with Gasteiger partial charge in [-0.25, -0.2) is 0 Å². The maximum Gasteiger partial charge on any atom is 0.105 e. The SMILES string of the molecule is CCCN(C(C)Cc1ccco1)C1CNC1. The van der Waals surface area contributed by atoms with Gasteiger partial charge in [-0.1, -0.05) is 6.92 Å². The minimum absolute atomic E-state index is 0.568. The van der Waals surface area contributed by atoms with Crippen LogP contribution in [0.4, 0.5) is 0 Å². The lowest BCUT2D eigenvalue weighted by Crippen LogP contribution is -2.59. The van der Waals surface area contributed by atoms with Gasteiger partial charge in [0.05, 0.1) is 6.26 Å². The number of furan rings is 1. The molecule has 1 aromatic rings. The molecule has 1 aliphatic heterocycles. The second kappa shape index (κ2) is 5.51. The van der Waals surface area contributed by atoms with Crippen molar-refractivity contribution in [2.24, 2.45) is 0 Å². The van der Waals surface area contributed by atoms with Gasteiger partial charge in [0, 0.05) is 31.6 Å².